The predicted octanol–water partition coefficient (Wildman–Crippen LogP) is 4.12. The van der Waals surface area contributed by atoms with E-state index in [0.29, 0.717) is 22.8 Å². The molecule has 33 heavy (non-hydrogen) atoms. The number of nitrogens with one attached hydrogen (secondary N) is 2. The fourth-order valence-electron chi connectivity index (χ4n) is 3.33. The minimum atomic E-state index is -0.891. The maximum absolute atomic E-state index is 14.3. The number of nitrogens with zero attached hydrogens (tertiary/aromatic N) is 4. The van der Waals surface area contributed by atoms with Crippen LogP contribution in [0.3, 0.4) is 0 Å². The lowest BCUT2D eigenvalue weighted by atomic mass is 10.0. The van der Waals surface area contributed by atoms with Crippen LogP contribution in [0.2, 0.25) is 5.02 Å². The van der Waals surface area contributed by atoms with Crippen LogP contribution in [0, 0.1) is 17.0 Å². The van der Waals surface area contributed by atoms with Crippen LogP contribution in [0.25, 0.3) is 33.6 Å². The number of hydrogen-bond donors (Lipinski definition) is 3. The summed E-state index contributed by atoms with van der Waals surface area (Å²) < 4.78 is 29.7. The second-order valence-electron chi connectivity index (χ2n) is 7.24. The highest BCUT2D eigenvalue weighted by Crippen LogP contribution is 2.28. The molecule has 0 spiro atoms. The van der Waals surface area contributed by atoms with E-state index in [1.807, 2.05) is 30.1 Å². The Balaban J connectivity index is 1.76. The number of pyridine rings is 2. The van der Waals surface area contributed by atoms with E-state index >= 15 is 0 Å². The average molecular weight is 468 g/mol. The van der Waals surface area contributed by atoms with Crippen molar-refractivity contribution in [3.05, 3.63) is 76.7 Å². The van der Waals surface area contributed by atoms with Crippen LogP contribution in [0.4, 0.5) is 8.78 Å². The highest BCUT2D eigenvalue weighted by molar-refractivity contribution is 6.31. The maximum Gasteiger partial charge on any atom is 0.144 e. The van der Waals surface area contributed by atoms with Crippen LogP contribution in [0.15, 0.2) is 48.8 Å². The third-order valence-electron chi connectivity index (χ3n) is 5.08. The monoisotopic (exact) mass is 467 g/mol. The zero-order chi connectivity index (χ0) is 23.5. The highest BCUT2D eigenvalue weighted by atomic mass is 35.5. The molecule has 4 N–H and O–H groups in total. The fourth-order valence-corrected chi connectivity index (χ4v) is 3.49. The Morgan fingerprint density at radius 1 is 1.18 bits per heavy atom. The quantitative estimate of drug-likeness (QED) is 0.280. The van der Waals surface area contributed by atoms with Crippen molar-refractivity contribution in [1.82, 2.24) is 25.1 Å². The molecule has 0 atom stereocenters. The van der Waals surface area contributed by atoms with E-state index in [2.05, 4.69) is 20.4 Å². The number of aromatic nitrogens is 4. The van der Waals surface area contributed by atoms with Crippen molar-refractivity contribution < 1.29 is 8.78 Å². The summed E-state index contributed by atoms with van der Waals surface area (Å²) in [5, 5.41) is 15.2. The number of nitrogens with two attached hydrogens (primary N) is 1. The zero-order valence-electron chi connectivity index (χ0n) is 17.6. The van der Waals surface area contributed by atoms with Gasteiger partial charge in [0.2, 0.25) is 0 Å². The number of hydrogen-bond acceptors (Lipinski definition) is 6. The van der Waals surface area contributed by atoms with Gasteiger partial charge in [0.05, 0.1) is 39.7 Å². The van der Waals surface area contributed by atoms with Gasteiger partial charge in [-0.1, -0.05) is 11.6 Å². The molecule has 1 aromatic carbocycles. The number of rotatable bonds is 7. The molecule has 0 aliphatic rings. The summed E-state index contributed by atoms with van der Waals surface area (Å²) in [6, 6.07) is 8.85. The molecule has 0 radical (unpaired) electrons. The molecule has 0 saturated heterocycles. The largest absolute Gasteiger partial charge is 0.398 e. The average Bonchev–Trinajstić information content (AvgIpc) is 3.29. The molecule has 0 aliphatic carbocycles. The molecule has 10 heteroatoms. The van der Waals surface area contributed by atoms with Crippen LogP contribution in [0.1, 0.15) is 11.3 Å². The molecule has 0 aliphatic heterocycles. The van der Waals surface area contributed by atoms with E-state index in [0.717, 1.165) is 36.6 Å². The summed E-state index contributed by atoms with van der Waals surface area (Å²) in [6.07, 6.45) is 4.58. The first-order chi connectivity index (χ1) is 15.9. The Morgan fingerprint density at radius 3 is 2.76 bits per heavy atom. The summed E-state index contributed by atoms with van der Waals surface area (Å²) in [7, 11) is 1.88. The number of likely N-dealkylation sites (N-methyl/N-ethyl adjacent to an activating group) is 1. The fraction of sp³-hybridized carbons (Fsp3) is 0.130. The van der Waals surface area contributed by atoms with Gasteiger partial charge in [-0.05, 0) is 37.4 Å². The molecule has 7 nitrogen and oxygen atoms in total. The van der Waals surface area contributed by atoms with Crippen molar-refractivity contribution in [1.29, 1.82) is 5.41 Å². The van der Waals surface area contributed by atoms with Crippen molar-refractivity contribution in [2.45, 2.75) is 6.54 Å². The maximum atomic E-state index is 14.3. The van der Waals surface area contributed by atoms with Crippen LogP contribution in [0.5, 0.6) is 0 Å². The van der Waals surface area contributed by atoms with Crippen LogP contribution < -0.4 is 11.1 Å². The number of fused-ring (bicyclic) bond motifs is 1. The van der Waals surface area contributed by atoms with Crippen molar-refractivity contribution in [3.8, 4) is 11.3 Å². The molecule has 4 aromatic rings. The number of benzene rings is 1. The summed E-state index contributed by atoms with van der Waals surface area (Å²) in [6.45, 7) is 1.53. The van der Waals surface area contributed by atoms with E-state index in [1.54, 1.807) is 18.3 Å². The molecule has 0 bridgehead atoms. The molecular formula is C23H20ClF2N7. The Labute approximate surface area is 193 Å². The van der Waals surface area contributed by atoms with Gasteiger partial charge < -0.3 is 16.5 Å². The molecule has 3 aromatic heterocycles. The number of halogens is 3. The first kappa shape index (κ1) is 22.5. The summed E-state index contributed by atoms with van der Waals surface area (Å²) in [4.78, 5) is 9.03. The van der Waals surface area contributed by atoms with E-state index in [9.17, 15) is 8.78 Å². The first-order valence-corrected chi connectivity index (χ1v) is 10.4. The summed E-state index contributed by atoms with van der Waals surface area (Å²) >= 11 is 5.80. The molecule has 168 valence electrons. The lowest BCUT2D eigenvalue weighted by Crippen LogP contribution is -2.15. The second-order valence-corrected chi connectivity index (χ2v) is 7.65. The van der Waals surface area contributed by atoms with Crippen LogP contribution in [-0.4, -0.2) is 39.6 Å². The van der Waals surface area contributed by atoms with Crippen molar-refractivity contribution >= 4 is 40.1 Å². The summed E-state index contributed by atoms with van der Waals surface area (Å²) in [5.74, 6) is -1.77. The van der Waals surface area contributed by atoms with Gasteiger partial charge in [-0.25, -0.2) is 13.8 Å². The Morgan fingerprint density at radius 2 is 2.00 bits per heavy atom. The van der Waals surface area contributed by atoms with Gasteiger partial charge in [0, 0.05) is 47.9 Å². The van der Waals surface area contributed by atoms with Crippen LogP contribution >= 0.6 is 11.6 Å². The van der Waals surface area contributed by atoms with Crippen molar-refractivity contribution in [2.24, 2.45) is 5.73 Å². The highest BCUT2D eigenvalue weighted by Gasteiger charge is 2.16. The normalized spacial score (nSPS) is 12.1. The Bertz CT molecular complexity index is 1380. The predicted molar refractivity (Wildman–Crippen MR) is 126 cm³/mol. The van der Waals surface area contributed by atoms with Gasteiger partial charge in [0.1, 0.15) is 11.6 Å². The standard InChI is InChI=1S/C23H20ClF2N7/c1-29-5-7-33-6-4-19(32-33)13-8-22-21(30-12-13)3-2-20(31-22)15(11-27)23(28)14-9-16(24)18(26)10-17(14)25/h2-4,6,8-12,27,29H,5,7,28H2,1H3/b23-15+,27-11?. The Kier molecular flexibility index (Phi) is 6.43. The minimum absolute atomic E-state index is 0.0800. The molecule has 3 heterocycles. The van der Waals surface area contributed by atoms with Gasteiger partial charge in [0.25, 0.3) is 0 Å². The zero-order valence-corrected chi connectivity index (χ0v) is 18.4. The smallest absolute Gasteiger partial charge is 0.144 e. The molecule has 4 rings (SSSR count). The topological polar surface area (TPSA) is 106 Å². The van der Waals surface area contributed by atoms with Crippen molar-refractivity contribution in [3.63, 3.8) is 0 Å². The second kappa shape index (κ2) is 9.43. The van der Waals surface area contributed by atoms with Gasteiger partial charge in [-0.2, -0.15) is 5.10 Å². The summed E-state index contributed by atoms with van der Waals surface area (Å²) in [5.41, 5.74) is 9.18. The molecule has 0 fully saturated rings. The lowest BCUT2D eigenvalue weighted by molar-refractivity contribution is 0.581. The van der Waals surface area contributed by atoms with E-state index in [4.69, 9.17) is 22.7 Å². The molecule has 0 amide bonds. The molecule has 0 saturated carbocycles. The van der Waals surface area contributed by atoms with E-state index < -0.39 is 11.6 Å². The molecule has 0 unspecified atom stereocenters. The van der Waals surface area contributed by atoms with Gasteiger partial charge in [-0.15, -0.1) is 0 Å². The third-order valence-corrected chi connectivity index (χ3v) is 5.36. The van der Waals surface area contributed by atoms with Gasteiger partial charge in [0.15, 0.2) is 0 Å². The van der Waals surface area contributed by atoms with E-state index in [1.165, 1.54) is 0 Å². The number of allylic oxidation sites excluding steroid dienone is 1. The van der Waals surface area contributed by atoms with Gasteiger partial charge >= 0.3 is 0 Å². The third kappa shape index (κ3) is 4.59. The van der Waals surface area contributed by atoms with Crippen molar-refractivity contribution in [2.75, 3.05) is 13.6 Å². The first-order valence-electron chi connectivity index (χ1n) is 10.0. The van der Waals surface area contributed by atoms with Gasteiger partial charge in [-0.3, -0.25) is 9.67 Å². The van der Waals surface area contributed by atoms with E-state index in [-0.39, 0.29) is 21.9 Å². The van der Waals surface area contributed by atoms with Crippen LogP contribution in [-0.2, 0) is 6.54 Å². The minimum Gasteiger partial charge on any atom is -0.398 e. The lowest BCUT2D eigenvalue weighted by Gasteiger charge is -2.11. The molecular weight excluding hydrogens is 448 g/mol. The SMILES string of the molecule is CNCCn1ccc(-c2cnc3ccc(/C(C=N)=C(/N)c4cc(Cl)c(F)cc4F)nc3c2)n1. The Hall–Kier alpha value is -3.69.